The maximum atomic E-state index is 12.0. The van der Waals surface area contributed by atoms with Gasteiger partial charge in [-0.25, -0.2) is 9.59 Å². The molecule has 3 atom stereocenters. The van der Waals surface area contributed by atoms with Crippen LogP contribution in [0.15, 0.2) is 0 Å². The molecule has 0 saturated heterocycles. The average molecular weight is 282 g/mol. The van der Waals surface area contributed by atoms with Crippen LogP contribution in [0.4, 0.5) is 4.79 Å². The lowest BCUT2D eigenvalue weighted by molar-refractivity contribution is -0.146. The molecule has 3 unspecified atom stereocenters. The number of hydrogen-bond acceptors (Lipinski definition) is 2. The Kier molecular flexibility index (Phi) is 4.55. The Morgan fingerprint density at radius 1 is 1.35 bits per heavy atom. The van der Waals surface area contributed by atoms with Crippen LogP contribution in [0.3, 0.4) is 0 Å². The maximum Gasteiger partial charge on any atom is 0.329 e. The normalized spacial score (nSPS) is 31.4. The van der Waals surface area contributed by atoms with Gasteiger partial charge in [0.1, 0.15) is 5.54 Å². The third-order valence-electron chi connectivity index (χ3n) is 4.77. The molecular weight excluding hydrogens is 256 g/mol. The molecule has 0 aromatic carbocycles. The number of carboxylic acids is 1. The highest BCUT2D eigenvalue weighted by molar-refractivity contribution is 5.86. The molecule has 2 amide bonds. The molecule has 0 aromatic rings. The second-order valence-electron chi connectivity index (χ2n) is 6.74. The van der Waals surface area contributed by atoms with E-state index in [1.54, 1.807) is 0 Å². The Morgan fingerprint density at radius 3 is 2.60 bits per heavy atom. The van der Waals surface area contributed by atoms with Gasteiger partial charge in [0.2, 0.25) is 0 Å². The third kappa shape index (κ3) is 3.64. The molecule has 0 bridgehead atoms. The van der Waals surface area contributed by atoms with Crippen molar-refractivity contribution < 1.29 is 14.7 Å². The highest BCUT2D eigenvalue weighted by atomic mass is 16.4. The van der Waals surface area contributed by atoms with Crippen LogP contribution in [0.2, 0.25) is 0 Å². The predicted octanol–water partition coefficient (Wildman–Crippen LogP) is 2.37. The smallest absolute Gasteiger partial charge is 0.329 e. The van der Waals surface area contributed by atoms with Crippen LogP contribution in [-0.4, -0.2) is 29.2 Å². The van der Waals surface area contributed by atoms with E-state index in [-0.39, 0.29) is 6.03 Å². The second-order valence-corrected chi connectivity index (χ2v) is 6.74. The first kappa shape index (κ1) is 15.1. The summed E-state index contributed by atoms with van der Waals surface area (Å²) in [6, 6.07) is -0.339. The van der Waals surface area contributed by atoms with E-state index in [1.807, 2.05) is 6.92 Å². The van der Waals surface area contributed by atoms with Crippen molar-refractivity contribution in [3.8, 4) is 0 Å². The fraction of sp³-hybridized carbons (Fsp3) is 0.867. The number of carboxylic acid groups (broad SMARTS) is 1. The highest BCUT2D eigenvalue weighted by Crippen LogP contribution is 2.36. The summed E-state index contributed by atoms with van der Waals surface area (Å²) in [6.07, 6.45) is 5.44. The minimum absolute atomic E-state index is 0.338. The van der Waals surface area contributed by atoms with Crippen molar-refractivity contribution >= 4 is 12.0 Å². The summed E-state index contributed by atoms with van der Waals surface area (Å²) in [5.74, 6) is 0.644. The van der Waals surface area contributed by atoms with E-state index in [0.29, 0.717) is 31.2 Å². The number of carbonyl (C=O) groups excluding carboxylic acids is 1. The zero-order valence-electron chi connectivity index (χ0n) is 12.4. The quantitative estimate of drug-likeness (QED) is 0.724. The van der Waals surface area contributed by atoms with E-state index in [2.05, 4.69) is 17.6 Å². The monoisotopic (exact) mass is 282 g/mol. The van der Waals surface area contributed by atoms with Gasteiger partial charge in [0.05, 0.1) is 0 Å². The first-order valence-corrected chi connectivity index (χ1v) is 7.72. The van der Waals surface area contributed by atoms with Gasteiger partial charge in [0.15, 0.2) is 0 Å². The number of rotatable bonds is 5. The summed E-state index contributed by atoms with van der Waals surface area (Å²) in [5, 5.41) is 15.0. The first-order valence-electron chi connectivity index (χ1n) is 7.72. The van der Waals surface area contributed by atoms with Crippen LogP contribution >= 0.6 is 0 Å². The van der Waals surface area contributed by atoms with Gasteiger partial charge in [-0.3, -0.25) is 0 Å². The van der Waals surface area contributed by atoms with Gasteiger partial charge < -0.3 is 15.7 Å². The van der Waals surface area contributed by atoms with Gasteiger partial charge in [-0.2, -0.15) is 0 Å². The Bertz CT molecular complexity index is 381. The topological polar surface area (TPSA) is 78.4 Å². The molecule has 20 heavy (non-hydrogen) atoms. The van der Waals surface area contributed by atoms with Gasteiger partial charge in [-0.15, -0.1) is 0 Å². The summed E-state index contributed by atoms with van der Waals surface area (Å²) < 4.78 is 0. The van der Waals surface area contributed by atoms with Crippen molar-refractivity contribution in [3.63, 3.8) is 0 Å². The van der Waals surface area contributed by atoms with Crippen LogP contribution in [-0.2, 0) is 4.79 Å². The summed E-state index contributed by atoms with van der Waals surface area (Å²) >= 11 is 0. The zero-order valence-corrected chi connectivity index (χ0v) is 12.4. The number of carbonyl (C=O) groups is 2. The SMILES string of the molecule is CC1CCCC(NC(=O)NCC(C)C2CC2)(C(=O)O)C1. The molecule has 0 spiro atoms. The lowest BCUT2D eigenvalue weighted by Crippen LogP contribution is -2.59. The van der Waals surface area contributed by atoms with Crippen molar-refractivity contribution in [1.82, 2.24) is 10.6 Å². The second kappa shape index (κ2) is 6.02. The Labute approximate surface area is 120 Å². The van der Waals surface area contributed by atoms with Gasteiger partial charge in [-0.05, 0) is 43.4 Å². The van der Waals surface area contributed by atoms with Crippen molar-refractivity contribution in [2.24, 2.45) is 17.8 Å². The van der Waals surface area contributed by atoms with Crippen LogP contribution in [0, 0.1) is 17.8 Å². The molecule has 2 fully saturated rings. The molecule has 2 aliphatic rings. The molecule has 2 saturated carbocycles. The summed E-state index contributed by atoms with van der Waals surface area (Å²) in [6.45, 7) is 4.81. The standard InChI is InChI=1S/C15H26N2O3/c1-10-4-3-7-15(8-10,13(18)19)17-14(20)16-9-11(2)12-5-6-12/h10-12H,3-9H2,1-2H3,(H,18,19)(H2,16,17,20). The van der Waals surface area contributed by atoms with Gasteiger partial charge in [0.25, 0.3) is 0 Å². The highest BCUT2D eigenvalue weighted by Gasteiger charge is 2.43. The number of aliphatic carboxylic acids is 1. The molecule has 2 rings (SSSR count). The van der Waals surface area contributed by atoms with Crippen molar-refractivity contribution in [1.29, 1.82) is 0 Å². The molecule has 5 nitrogen and oxygen atoms in total. The Hall–Kier alpha value is -1.26. The molecule has 2 aliphatic carbocycles. The van der Waals surface area contributed by atoms with Crippen LogP contribution < -0.4 is 10.6 Å². The summed E-state index contributed by atoms with van der Waals surface area (Å²) in [5.41, 5.74) is -1.08. The molecule has 0 aliphatic heterocycles. The van der Waals surface area contributed by atoms with E-state index >= 15 is 0 Å². The summed E-state index contributed by atoms with van der Waals surface area (Å²) in [4.78, 5) is 23.6. The van der Waals surface area contributed by atoms with Crippen LogP contribution in [0.5, 0.6) is 0 Å². The van der Waals surface area contributed by atoms with Crippen molar-refractivity contribution in [2.75, 3.05) is 6.54 Å². The van der Waals surface area contributed by atoms with E-state index in [1.165, 1.54) is 12.8 Å². The molecule has 0 aromatic heterocycles. The Morgan fingerprint density at radius 2 is 2.05 bits per heavy atom. The fourth-order valence-electron chi connectivity index (χ4n) is 3.26. The van der Waals surface area contributed by atoms with Crippen LogP contribution in [0.1, 0.15) is 52.4 Å². The van der Waals surface area contributed by atoms with E-state index in [9.17, 15) is 14.7 Å². The van der Waals surface area contributed by atoms with E-state index in [4.69, 9.17) is 0 Å². The molecule has 3 N–H and O–H groups in total. The molecular formula is C15H26N2O3. The number of urea groups is 1. The van der Waals surface area contributed by atoms with Crippen LogP contribution in [0.25, 0.3) is 0 Å². The molecule has 114 valence electrons. The number of hydrogen-bond donors (Lipinski definition) is 3. The Balaban J connectivity index is 1.87. The molecule has 5 heteroatoms. The van der Waals surface area contributed by atoms with E-state index < -0.39 is 11.5 Å². The zero-order chi connectivity index (χ0) is 14.8. The number of amides is 2. The first-order chi connectivity index (χ1) is 9.43. The minimum Gasteiger partial charge on any atom is -0.480 e. The number of nitrogens with one attached hydrogen (secondary N) is 2. The predicted molar refractivity (Wildman–Crippen MR) is 76.4 cm³/mol. The fourth-order valence-corrected chi connectivity index (χ4v) is 3.26. The van der Waals surface area contributed by atoms with Crippen molar-refractivity contribution in [2.45, 2.75) is 57.9 Å². The van der Waals surface area contributed by atoms with Crippen molar-refractivity contribution in [3.05, 3.63) is 0 Å². The largest absolute Gasteiger partial charge is 0.480 e. The molecule has 0 heterocycles. The van der Waals surface area contributed by atoms with Gasteiger partial charge in [0, 0.05) is 6.54 Å². The maximum absolute atomic E-state index is 12.0. The lowest BCUT2D eigenvalue weighted by Gasteiger charge is -2.37. The minimum atomic E-state index is -1.08. The third-order valence-corrected chi connectivity index (χ3v) is 4.77. The van der Waals surface area contributed by atoms with Gasteiger partial charge >= 0.3 is 12.0 Å². The molecule has 0 radical (unpaired) electrons. The van der Waals surface area contributed by atoms with Gasteiger partial charge in [-0.1, -0.05) is 26.7 Å². The summed E-state index contributed by atoms with van der Waals surface area (Å²) in [7, 11) is 0. The average Bonchev–Trinajstić information content (AvgIpc) is 3.20. The lowest BCUT2D eigenvalue weighted by atomic mass is 9.76. The van der Waals surface area contributed by atoms with E-state index in [0.717, 1.165) is 18.8 Å².